The van der Waals surface area contributed by atoms with E-state index in [1.54, 1.807) is 67.4 Å². The van der Waals surface area contributed by atoms with Gasteiger partial charge in [-0.05, 0) is 55.0 Å². The second-order valence-corrected chi connectivity index (χ2v) is 8.56. The van der Waals surface area contributed by atoms with Crippen molar-refractivity contribution in [3.8, 4) is 11.5 Å². The summed E-state index contributed by atoms with van der Waals surface area (Å²) in [4.78, 5) is 26.4. The molecule has 1 aliphatic rings. The van der Waals surface area contributed by atoms with Crippen LogP contribution in [0.2, 0.25) is 0 Å². The van der Waals surface area contributed by atoms with E-state index in [4.69, 9.17) is 9.47 Å². The summed E-state index contributed by atoms with van der Waals surface area (Å²) in [5.74, 6) is 1.09. The standard InChI is InChI=1S/C26H24N2O4S/c1-18-8-11-21(12-9-18)33-15-14-32-23-13-10-19(17-24(23)31-2)16-22-25(29)27-28(26(22)30)20-6-4-3-5-7-20/h3-13,16-17H,14-15H2,1-2H3,(H,27,29). The number of anilines is 1. The summed E-state index contributed by atoms with van der Waals surface area (Å²) in [6.07, 6.45) is 1.56. The van der Waals surface area contributed by atoms with E-state index in [-0.39, 0.29) is 5.57 Å². The van der Waals surface area contributed by atoms with Crippen molar-refractivity contribution in [3.05, 3.63) is 89.5 Å². The number of hydrazine groups is 1. The third kappa shape index (κ3) is 5.38. The zero-order valence-electron chi connectivity index (χ0n) is 18.4. The lowest BCUT2D eigenvalue weighted by Gasteiger charge is -2.14. The molecule has 3 aromatic carbocycles. The summed E-state index contributed by atoms with van der Waals surface area (Å²) < 4.78 is 11.4. The van der Waals surface area contributed by atoms with Gasteiger partial charge < -0.3 is 9.47 Å². The van der Waals surface area contributed by atoms with Crippen molar-refractivity contribution in [1.29, 1.82) is 0 Å². The monoisotopic (exact) mass is 460 g/mol. The molecule has 1 heterocycles. The molecule has 0 aromatic heterocycles. The summed E-state index contributed by atoms with van der Waals surface area (Å²) in [6, 6.07) is 22.7. The first-order chi connectivity index (χ1) is 16.0. The molecule has 0 radical (unpaired) electrons. The first-order valence-electron chi connectivity index (χ1n) is 10.5. The second-order valence-electron chi connectivity index (χ2n) is 7.40. The van der Waals surface area contributed by atoms with Crippen molar-refractivity contribution in [3.63, 3.8) is 0 Å². The summed E-state index contributed by atoms with van der Waals surface area (Å²) >= 11 is 1.72. The van der Waals surface area contributed by atoms with Crippen LogP contribution in [0, 0.1) is 6.92 Å². The Kier molecular flexibility index (Phi) is 7.00. The minimum atomic E-state index is -0.448. The molecule has 1 aliphatic heterocycles. The van der Waals surface area contributed by atoms with E-state index in [2.05, 4.69) is 36.6 Å². The highest BCUT2D eigenvalue weighted by Gasteiger charge is 2.34. The van der Waals surface area contributed by atoms with E-state index < -0.39 is 11.8 Å². The number of nitrogens with one attached hydrogen (secondary N) is 1. The maximum absolute atomic E-state index is 12.8. The van der Waals surface area contributed by atoms with Gasteiger partial charge >= 0.3 is 0 Å². The van der Waals surface area contributed by atoms with Gasteiger partial charge in [-0.1, -0.05) is 42.0 Å². The van der Waals surface area contributed by atoms with E-state index in [1.165, 1.54) is 15.5 Å². The average molecular weight is 461 g/mol. The third-order valence-electron chi connectivity index (χ3n) is 5.04. The lowest BCUT2D eigenvalue weighted by Crippen LogP contribution is -2.35. The number of hydrogen-bond donors (Lipinski definition) is 1. The Bertz CT molecular complexity index is 1180. The predicted molar refractivity (Wildman–Crippen MR) is 130 cm³/mol. The SMILES string of the molecule is COc1cc(C=C2C(=O)NN(c3ccccc3)C2=O)ccc1OCCSc1ccc(C)cc1. The lowest BCUT2D eigenvalue weighted by molar-refractivity contribution is -0.117. The summed E-state index contributed by atoms with van der Waals surface area (Å²) in [5.41, 5.74) is 5.16. The Morgan fingerprint density at radius 2 is 1.73 bits per heavy atom. The molecular formula is C26H24N2O4S. The largest absolute Gasteiger partial charge is 0.493 e. The molecule has 1 saturated heterocycles. The van der Waals surface area contributed by atoms with Gasteiger partial charge in [0.25, 0.3) is 11.8 Å². The molecule has 7 heteroatoms. The molecule has 0 spiro atoms. The molecule has 0 unspecified atom stereocenters. The predicted octanol–water partition coefficient (Wildman–Crippen LogP) is 4.64. The molecule has 4 rings (SSSR count). The zero-order valence-corrected chi connectivity index (χ0v) is 19.2. The van der Waals surface area contributed by atoms with E-state index in [0.717, 1.165) is 5.75 Å². The van der Waals surface area contributed by atoms with Gasteiger partial charge in [-0.3, -0.25) is 15.0 Å². The van der Waals surface area contributed by atoms with Crippen molar-refractivity contribution in [2.45, 2.75) is 11.8 Å². The van der Waals surface area contributed by atoms with E-state index in [9.17, 15) is 9.59 Å². The number of para-hydroxylation sites is 1. The first-order valence-corrected chi connectivity index (χ1v) is 11.5. The zero-order chi connectivity index (χ0) is 23.2. The maximum Gasteiger partial charge on any atom is 0.282 e. The Morgan fingerprint density at radius 3 is 2.45 bits per heavy atom. The fourth-order valence-corrected chi connectivity index (χ4v) is 4.05. The number of ether oxygens (including phenoxy) is 2. The van der Waals surface area contributed by atoms with Crippen molar-refractivity contribution in [2.24, 2.45) is 0 Å². The van der Waals surface area contributed by atoms with Crippen LogP contribution in [0.25, 0.3) is 6.08 Å². The minimum absolute atomic E-state index is 0.0593. The van der Waals surface area contributed by atoms with E-state index in [1.807, 2.05) is 6.07 Å². The Balaban J connectivity index is 1.42. The minimum Gasteiger partial charge on any atom is -0.493 e. The van der Waals surface area contributed by atoms with Gasteiger partial charge in [-0.25, -0.2) is 5.01 Å². The molecule has 2 amide bonds. The van der Waals surface area contributed by atoms with E-state index in [0.29, 0.717) is 29.4 Å². The summed E-state index contributed by atoms with van der Waals surface area (Å²) in [7, 11) is 1.56. The van der Waals surface area contributed by atoms with Gasteiger partial charge in [0, 0.05) is 10.6 Å². The number of methoxy groups -OCH3 is 1. The number of carbonyl (C=O) groups is 2. The number of carbonyl (C=O) groups excluding carboxylic acids is 2. The molecule has 1 fully saturated rings. The number of rotatable bonds is 8. The fraction of sp³-hybridized carbons (Fsp3) is 0.154. The highest BCUT2D eigenvalue weighted by Crippen LogP contribution is 2.30. The molecular weight excluding hydrogens is 436 g/mol. The number of hydrogen-bond acceptors (Lipinski definition) is 5. The van der Waals surface area contributed by atoms with Crippen LogP contribution in [0.5, 0.6) is 11.5 Å². The van der Waals surface area contributed by atoms with Crippen LogP contribution in [0.3, 0.4) is 0 Å². The number of benzene rings is 3. The summed E-state index contributed by atoms with van der Waals surface area (Å²) in [6.45, 7) is 2.58. The lowest BCUT2D eigenvalue weighted by atomic mass is 10.1. The molecule has 33 heavy (non-hydrogen) atoms. The quantitative estimate of drug-likeness (QED) is 0.230. The third-order valence-corrected chi connectivity index (χ3v) is 6.01. The highest BCUT2D eigenvalue weighted by molar-refractivity contribution is 7.99. The van der Waals surface area contributed by atoms with Gasteiger partial charge in [0.05, 0.1) is 19.4 Å². The highest BCUT2D eigenvalue weighted by atomic mass is 32.2. The molecule has 0 bridgehead atoms. The van der Waals surface area contributed by atoms with Gasteiger partial charge in [0.1, 0.15) is 5.57 Å². The first kappa shape index (κ1) is 22.5. The molecule has 3 aromatic rings. The smallest absolute Gasteiger partial charge is 0.282 e. The van der Waals surface area contributed by atoms with Gasteiger partial charge in [-0.2, -0.15) is 0 Å². The topological polar surface area (TPSA) is 67.9 Å². The molecule has 0 saturated carbocycles. The molecule has 168 valence electrons. The summed E-state index contributed by atoms with van der Waals surface area (Å²) in [5, 5.41) is 1.24. The van der Waals surface area contributed by atoms with Crippen molar-refractivity contribution in [1.82, 2.24) is 5.43 Å². The second kappa shape index (κ2) is 10.3. The van der Waals surface area contributed by atoms with Gasteiger partial charge in [0.15, 0.2) is 11.5 Å². The molecule has 6 nitrogen and oxygen atoms in total. The average Bonchev–Trinajstić information content (AvgIpc) is 3.12. The van der Waals surface area contributed by atoms with E-state index >= 15 is 0 Å². The van der Waals surface area contributed by atoms with Crippen molar-refractivity contribution in [2.75, 3.05) is 24.5 Å². The number of amides is 2. The number of aryl methyl sites for hydroxylation is 1. The Morgan fingerprint density at radius 1 is 0.970 bits per heavy atom. The van der Waals surface area contributed by atoms with Crippen LogP contribution in [0.4, 0.5) is 5.69 Å². The fourth-order valence-electron chi connectivity index (χ4n) is 3.32. The van der Waals surface area contributed by atoms with Crippen LogP contribution in [-0.2, 0) is 9.59 Å². The van der Waals surface area contributed by atoms with Gasteiger partial charge in [-0.15, -0.1) is 11.8 Å². The Labute approximate surface area is 197 Å². The molecule has 0 atom stereocenters. The van der Waals surface area contributed by atoms with Crippen LogP contribution >= 0.6 is 11.8 Å². The normalized spacial score (nSPS) is 14.5. The van der Waals surface area contributed by atoms with Crippen molar-refractivity contribution >= 4 is 35.3 Å². The number of nitrogens with zero attached hydrogens (tertiary/aromatic N) is 1. The van der Waals surface area contributed by atoms with Gasteiger partial charge in [0.2, 0.25) is 0 Å². The molecule has 0 aliphatic carbocycles. The van der Waals surface area contributed by atoms with Crippen LogP contribution in [0.1, 0.15) is 11.1 Å². The maximum atomic E-state index is 12.8. The molecule has 1 N–H and O–H groups in total. The van der Waals surface area contributed by atoms with Crippen LogP contribution in [-0.4, -0.2) is 31.3 Å². The van der Waals surface area contributed by atoms with Crippen LogP contribution < -0.4 is 19.9 Å². The van der Waals surface area contributed by atoms with Crippen LogP contribution in [0.15, 0.2) is 83.3 Å². The van der Waals surface area contributed by atoms with Crippen molar-refractivity contribution < 1.29 is 19.1 Å². The number of thioether (sulfide) groups is 1. The Hall–Kier alpha value is -3.71.